The molecule has 5 heteroatoms. The molecule has 12 heavy (non-hydrogen) atoms. The van der Waals surface area contributed by atoms with Crippen molar-refractivity contribution in [2.45, 2.75) is 31.2 Å². The van der Waals surface area contributed by atoms with E-state index in [1.54, 1.807) is 0 Å². The topological polar surface area (TPSA) is 101 Å². The van der Waals surface area contributed by atoms with Gasteiger partial charge in [-0.3, -0.25) is 0 Å². The van der Waals surface area contributed by atoms with Gasteiger partial charge in [0.2, 0.25) is 0 Å². The van der Waals surface area contributed by atoms with Crippen LogP contribution in [-0.4, -0.2) is 56.1 Å². The minimum absolute atomic E-state index is 0.677. The van der Waals surface area contributed by atoms with E-state index in [0.717, 1.165) is 6.92 Å². The molecule has 0 saturated carbocycles. The van der Waals surface area contributed by atoms with Gasteiger partial charge in [0.15, 0.2) is 0 Å². The van der Waals surface area contributed by atoms with E-state index in [4.69, 9.17) is 15.3 Å². The Labute approximate surface area is 70.9 Å². The largest absolute Gasteiger partial charge is 0.394 e. The summed E-state index contributed by atoms with van der Waals surface area (Å²) >= 11 is 0. The molecule has 0 heterocycles. The van der Waals surface area contributed by atoms with Crippen LogP contribution in [0.1, 0.15) is 13.8 Å². The zero-order valence-corrected chi connectivity index (χ0v) is 7.23. The molecule has 5 nitrogen and oxygen atoms in total. The highest BCUT2D eigenvalue weighted by Gasteiger charge is 2.46. The van der Waals surface area contributed by atoms with E-state index in [1.165, 1.54) is 6.92 Å². The van der Waals surface area contributed by atoms with E-state index in [9.17, 15) is 10.2 Å². The summed E-state index contributed by atoms with van der Waals surface area (Å²) in [6.07, 6.45) is -1.49. The Morgan fingerprint density at radius 2 is 1.58 bits per heavy atom. The summed E-state index contributed by atoms with van der Waals surface area (Å²) in [5.41, 5.74) is -3.77. The van der Waals surface area contributed by atoms with Crippen molar-refractivity contribution in [3.63, 3.8) is 0 Å². The molecule has 0 spiro atoms. The third-order valence-electron chi connectivity index (χ3n) is 2.22. The Balaban J connectivity index is 4.58. The first-order chi connectivity index (χ1) is 5.29. The minimum atomic E-state index is -1.93. The fourth-order valence-electron chi connectivity index (χ4n) is 0.697. The van der Waals surface area contributed by atoms with Crippen molar-refractivity contribution in [1.29, 1.82) is 0 Å². The summed E-state index contributed by atoms with van der Waals surface area (Å²) in [6, 6.07) is 0. The second kappa shape index (κ2) is 3.68. The Morgan fingerprint density at radius 3 is 1.83 bits per heavy atom. The van der Waals surface area contributed by atoms with Gasteiger partial charge in [0.1, 0.15) is 17.3 Å². The molecule has 74 valence electrons. The van der Waals surface area contributed by atoms with Crippen molar-refractivity contribution in [3.05, 3.63) is 0 Å². The zero-order chi connectivity index (χ0) is 9.99. The highest BCUT2D eigenvalue weighted by molar-refractivity contribution is 4.97. The molecule has 0 radical (unpaired) electrons. The monoisotopic (exact) mass is 180 g/mol. The lowest BCUT2D eigenvalue weighted by molar-refractivity contribution is -0.205. The van der Waals surface area contributed by atoms with Crippen LogP contribution in [0.3, 0.4) is 0 Å². The van der Waals surface area contributed by atoms with Gasteiger partial charge in [0.05, 0.1) is 13.2 Å². The number of hydrogen-bond donors (Lipinski definition) is 5. The van der Waals surface area contributed by atoms with Gasteiger partial charge < -0.3 is 25.5 Å². The van der Waals surface area contributed by atoms with E-state index < -0.39 is 30.5 Å². The summed E-state index contributed by atoms with van der Waals surface area (Å²) in [7, 11) is 0. The number of hydrogen-bond acceptors (Lipinski definition) is 5. The fraction of sp³-hybridized carbons (Fsp3) is 1.00. The van der Waals surface area contributed by atoms with Crippen LogP contribution >= 0.6 is 0 Å². The van der Waals surface area contributed by atoms with Gasteiger partial charge in [0, 0.05) is 0 Å². The number of rotatable bonds is 4. The molecule has 0 aliphatic heterocycles. The number of aliphatic hydroxyl groups is 5. The van der Waals surface area contributed by atoms with Crippen LogP contribution in [0, 0.1) is 0 Å². The molecule has 0 aliphatic carbocycles. The summed E-state index contributed by atoms with van der Waals surface area (Å²) in [6.45, 7) is 0.941. The average molecular weight is 180 g/mol. The summed E-state index contributed by atoms with van der Waals surface area (Å²) < 4.78 is 0. The second-order valence-corrected chi connectivity index (χ2v) is 3.28. The minimum Gasteiger partial charge on any atom is -0.394 e. The molecular weight excluding hydrogens is 164 g/mol. The smallest absolute Gasteiger partial charge is 0.120 e. The summed E-state index contributed by atoms with van der Waals surface area (Å²) in [5, 5.41) is 45.2. The van der Waals surface area contributed by atoms with Crippen molar-refractivity contribution in [2.24, 2.45) is 0 Å². The third-order valence-corrected chi connectivity index (χ3v) is 2.22. The Kier molecular flexibility index (Phi) is 3.61. The first-order valence-corrected chi connectivity index (χ1v) is 3.64. The SMILES string of the molecule is CC(O)([C@@H](O)CO)[C@@](C)(O)CO. The van der Waals surface area contributed by atoms with Gasteiger partial charge >= 0.3 is 0 Å². The van der Waals surface area contributed by atoms with E-state index >= 15 is 0 Å². The van der Waals surface area contributed by atoms with Crippen LogP contribution in [0.5, 0.6) is 0 Å². The third kappa shape index (κ3) is 1.94. The Morgan fingerprint density at radius 1 is 1.17 bits per heavy atom. The van der Waals surface area contributed by atoms with Gasteiger partial charge in [-0.05, 0) is 13.8 Å². The van der Waals surface area contributed by atoms with E-state index in [0.29, 0.717) is 0 Å². The molecule has 0 fully saturated rings. The van der Waals surface area contributed by atoms with E-state index in [2.05, 4.69) is 0 Å². The quantitative estimate of drug-likeness (QED) is 0.339. The molecule has 3 atom stereocenters. The molecule has 0 aromatic rings. The van der Waals surface area contributed by atoms with Crippen molar-refractivity contribution in [3.8, 4) is 0 Å². The summed E-state index contributed by atoms with van der Waals surface area (Å²) in [5.74, 6) is 0. The Hall–Kier alpha value is -0.200. The van der Waals surface area contributed by atoms with Crippen LogP contribution in [0.4, 0.5) is 0 Å². The maximum atomic E-state index is 9.49. The molecule has 0 aliphatic rings. The lowest BCUT2D eigenvalue weighted by atomic mass is 9.82. The van der Waals surface area contributed by atoms with Crippen molar-refractivity contribution in [2.75, 3.05) is 13.2 Å². The van der Waals surface area contributed by atoms with Gasteiger partial charge in [0.25, 0.3) is 0 Å². The normalized spacial score (nSPS) is 24.2. The molecule has 0 saturated heterocycles. The molecular formula is C7H16O5. The predicted molar refractivity (Wildman–Crippen MR) is 41.4 cm³/mol. The van der Waals surface area contributed by atoms with Crippen LogP contribution in [0.25, 0.3) is 0 Å². The lowest BCUT2D eigenvalue weighted by Crippen LogP contribution is -2.60. The van der Waals surface area contributed by atoms with Crippen LogP contribution in [-0.2, 0) is 0 Å². The van der Waals surface area contributed by atoms with Crippen LogP contribution in [0.2, 0.25) is 0 Å². The molecule has 0 amide bonds. The van der Waals surface area contributed by atoms with Crippen LogP contribution < -0.4 is 0 Å². The maximum absolute atomic E-state index is 9.49. The van der Waals surface area contributed by atoms with Gasteiger partial charge in [-0.1, -0.05) is 0 Å². The van der Waals surface area contributed by atoms with Gasteiger partial charge in [-0.15, -0.1) is 0 Å². The van der Waals surface area contributed by atoms with E-state index in [1.807, 2.05) is 0 Å². The first kappa shape index (κ1) is 11.8. The van der Waals surface area contributed by atoms with Crippen molar-refractivity contribution in [1.82, 2.24) is 0 Å². The van der Waals surface area contributed by atoms with Crippen LogP contribution in [0.15, 0.2) is 0 Å². The molecule has 0 aromatic carbocycles. The predicted octanol–water partition coefficient (Wildman–Crippen LogP) is -2.17. The van der Waals surface area contributed by atoms with Crippen molar-refractivity contribution < 1.29 is 25.5 Å². The summed E-state index contributed by atoms with van der Waals surface area (Å²) in [4.78, 5) is 0. The maximum Gasteiger partial charge on any atom is 0.120 e. The molecule has 0 bridgehead atoms. The van der Waals surface area contributed by atoms with Gasteiger partial charge in [-0.2, -0.15) is 0 Å². The molecule has 5 N–H and O–H groups in total. The first-order valence-electron chi connectivity index (χ1n) is 3.64. The second-order valence-electron chi connectivity index (χ2n) is 3.28. The standard InChI is InChI=1S/C7H16O5/c1-6(11,4-9)7(2,12)5(10)3-8/h5,8-12H,3-4H2,1-2H3/t5-,6-,7?/m0/s1. The van der Waals surface area contributed by atoms with E-state index in [-0.39, 0.29) is 0 Å². The Bertz CT molecular complexity index is 143. The highest BCUT2D eigenvalue weighted by atomic mass is 16.4. The van der Waals surface area contributed by atoms with Gasteiger partial charge in [-0.25, -0.2) is 0 Å². The molecule has 0 rings (SSSR count). The fourth-order valence-corrected chi connectivity index (χ4v) is 0.697. The lowest BCUT2D eigenvalue weighted by Gasteiger charge is -2.39. The average Bonchev–Trinajstić information content (AvgIpc) is 2.02. The molecule has 0 aromatic heterocycles. The highest BCUT2D eigenvalue weighted by Crippen LogP contribution is 2.24. The zero-order valence-electron chi connectivity index (χ0n) is 7.23. The van der Waals surface area contributed by atoms with Crippen molar-refractivity contribution >= 4 is 0 Å². The molecule has 1 unspecified atom stereocenters. The number of aliphatic hydroxyl groups excluding tert-OH is 3.